The van der Waals surface area contributed by atoms with Gasteiger partial charge in [-0.05, 0) is 19.1 Å². The molecule has 0 aliphatic heterocycles. The highest BCUT2D eigenvalue weighted by atomic mass is 16.5. The summed E-state index contributed by atoms with van der Waals surface area (Å²) in [6, 6.07) is 3.00. The minimum atomic E-state index is -0.736. The second kappa shape index (κ2) is 7.53. The molecule has 1 amide bonds. The van der Waals surface area contributed by atoms with Crippen LogP contribution in [0.4, 0.5) is 0 Å². The molecular formula is C15H20N2O5. The van der Waals surface area contributed by atoms with Crippen molar-refractivity contribution in [3.8, 4) is 0 Å². The molecule has 0 saturated heterocycles. The summed E-state index contributed by atoms with van der Waals surface area (Å²) in [6.45, 7) is 6.99. The third kappa shape index (κ3) is 5.16. The van der Waals surface area contributed by atoms with Gasteiger partial charge < -0.3 is 9.15 Å². The first-order chi connectivity index (χ1) is 10.3. The molecule has 0 saturated carbocycles. The van der Waals surface area contributed by atoms with Gasteiger partial charge in [0.2, 0.25) is 0 Å². The Kier molecular flexibility index (Phi) is 6.03. The monoisotopic (exact) mass is 308 g/mol. The molecule has 1 aromatic heterocycles. The summed E-state index contributed by atoms with van der Waals surface area (Å²) in [5.41, 5.74) is 1.41. The molecule has 7 heteroatoms. The van der Waals surface area contributed by atoms with Crippen LogP contribution in [0.2, 0.25) is 0 Å². The van der Waals surface area contributed by atoms with E-state index in [4.69, 9.17) is 9.15 Å². The van der Waals surface area contributed by atoms with Crippen LogP contribution in [0.5, 0.6) is 0 Å². The number of hydrazone groups is 1. The van der Waals surface area contributed by atoms with E-state index < -0.39 is 17.3 Å². The predicted octanol–water partition coefficient (Wildman–Crippen LogP) is 1.93. The van der Waals surface area contributed by atoms with Crippen molar-refractivity contribution in [2.75, 3.05) is 6.61 Å². The van der Waals surface area contributed by atoms with Crippen LogP contribution < -0.4 is 5.43 Å². The van der Waals surface area contributed by atoms with Crippen LogP contribution in [-0.4, -0.2) is 30.0 Å². The lowest BCUT2D eigenvalue weighted by molar-refractivity contribution is -0.136. The Hall–Kier alpha value is -2.44. The first-order valence-electron chi connectivity index (χ1n) is 6.86. The van der Waals surface area contributed by atoms with Crippen molar-refractivity contribution in [1.29, 1.82) is 0 Å². The van der Waals surface area contributed by atoms with E-state index in [0.717, 1.165) is 0 Å². The van der Waals surface area contributed by atoms with E-state index >= 15 is 0 Å². The van der Waals surface area contributed by atoms with Gasteiger partial charge in [0.15, 0.2) is 11.5 Å². The first-order valence-corrected chi connectivity index (χ1v) is 6.86. The number of amides is 1. The summed E-state index contributed by atoms with van der Waals surface area (Å²) in [4.78, 5) is 35.6. The lowest BCUT2D eigenvalue weighted by Gasteiger charge is -2.16. The number of ketones is 1. The number of carbonyl (C=O) groups is 3. The number of carbonyl (C=O) groups excluding carboxylic acids is 3. The minimum Gasteiger partial charge on any atom is -0.461 e. The van der Waals surface area contributed by atoms with Gasteiger partial charge in [0.25, 0.3) is 0 Å². The summed E-state index contributed by atoms with van der Waals surface area (Å²) in [5, 5.41) is 3.71. The molecular weight excluding hydrogens is 288 g/mol. The van der Waals surface area contributed by atoms with E-state index in [0.29, 0.717) is 0 Å². The summed E-state index contributed by atoms with van der Waals surface area (Å²) in [7, 11) is 0. The Morgan fingerprint density at radius 2 is 2.00 bits per heavy atom. The second-order valence-corrected chi connectivity index (χ2v) is 5.55. The van der Waals surface area contributed by atoms with Crippen molar-refractivity contribution in [3.05, 3.63) is 24.2 Å². The molecule has 1 rings (SSSR count). The van der Waals surface area contributed by atoms with Crippen molar-refractivity contribution in [2.24, 2.45) is 10.5 Å². The quantitative estimate of drug-likeness (QED) is 0.492. The average molecular weight is 308 g/mol. The number of nitrogens with zero attached hydrogens (tertiary/aromatic N) is 1. The maximum absolute atomic E-state index is 12.0. The Morgan fingerprint density at radius 3 is 2.50 bits per heavy atom. The van der Waals surface area contributed by atoms with E-state index in [1.165, 1.54) is 12.3 Å². The standard InChI is InChI=1S/C15H20N2O5/c1-5-21-14(20)10(9-12(18)15(2,3)4)16-17-13(19)11-7-6-8-22-11/h6-8H,5,9H2,1-4H3,(H,17,19). The van der Waals surface area contributed by atoms with Crippen LogP contribution >= 0.6 is 0 Å². The highest BCUT2D eigenvalue weighted by Gasteiger charge is 2.26. The number of hydrogen-bond donors (Lipinski definition) is 1. The molecule has 0 spiro atoms. The first kappa shape index (κ1) is 17.6. The molecule has 0 aromatic carbocycles. The lowest BCUT2D eigenvalue weighted by atomic mass is 9.88. The van der Waals surface area contributed by atoms with E-state index in [1.807, 2.05) is 0 Å². The highest BCUT2D eigenvalue weighted by Crippen LogP contribution is 2.17. The number of rotatable bonds is 6. The number of ether oxygens (including phenoxy) is 1. The van der Waals surface area contributed by atoms with Crippen molar-refractivity contribution in [1.82, 2.24) is 5.43 Å². The summed E-state index contributed by atoms with van der Waals surface area (Å²) in [6.07, 6.45) is 1.12. The van der Waals surface area contributed by atoms with Gasteiger partial charge >= 0.3 is 11.9 Å². The van der Waals surface area contributed by atoms with Gasteiger partial charge in [-0.3, -0.25) is 9.59 Å². The Bertz CT molecular complexity index is 567. The van der Waals surface area contributed by atoms with Crippen molar-refractivity contribution in [2.45, 2.75) is 34.1 Å². The molecule has 22 heavy (non-hydrogen) atoms. The van der Waals surface area contributed by atoms with Crippen molar-refractivity contribution < 1.29 is 23.5 Å². The molecule has 0 aliphatic carbocycles. The molecule has 0 unspecified atom stereocenters. The predicted molar refractivity (Wildman–Crippen MR) is 79.3 cm³/mol. The van der Waals surface area contributed by atoms with Crippen LogP contribution in [0.3, 0.4) is 0 Å². The maximum Gasteiger partial charge on any atom is 0.354 e. The van der Waals surface area contributed by atoms with Gasteiger partial charge in [-0.1, -0.05) is 20.8 Å². The fourth-order valence-corrected chi connectivity index (χ4v) is 1.37. The van der Waals surface area contributed by atoms with Crippen LogP contribution in [0, 0.1) is 5.41 Å². The van der Waals surface area contributed by atoms with Crippen molar-refractivity contribution in [3.63, 3.8) is 0 Å². The Balaban J connectivity index is 2.85. The van der Waals surface area contributed by atoms with E-state index in [9.17, 15) is 14.4 Å². The fourth-order valence-electron chi connectivity index (χ4n) is 1.37. The summed E-state index contributed by atoms with van der Waals surface area (Å²) < 4.78 is 9.75. The molecule has 120 valence electrons. The van der Waals surface area contributed by atoms with Gasteiger partial charge in [0.05, 0.1) is 19.3 Å². The van der Waals surface area contributed by atoms with Crippen LogP contribution in [0.15, 0.2) is 27.9 Å². The van der Waals surface area contributed by atoms with Gasteiger partial charge in [0, 0.05) is 5.41 Å². The van der Waals surface area contributed by atoms with E-state index in [1.54, 1.807) is 33.8 Å². The van der Waals surface area contributed by atoms with Crippen LogP contribution in [0.25, 0.3) is 0 Å². The fraction of sp³-hybridized carbons (Fsp3) is 0.467. The molecule has 1 aromatic rings. The maximum atomic E-state index is 12.0. The topological polar surface area (TPSA) is 98.0 Å². The highest BCUT2D eigenvalue weighted by molar-refractivity contribution is 6.40. The van der Waals surface area contributed by atoms with E-state index in [-0.39, 0.29) is 30.3 Å². The molecule has 0 atom stereocenters. The lowest BCUT2D eigenvalue weighted by Crippen LogP contribution is -2.30. The van der Waals surface area contributed by atoms with Gasteiger partial charge in [0.1, 0.15) is 5.78 Å². The van der Waals surface area contributed by atoms with Crippen LogP contribution in [-0.2, 0) is 14.3 Å². The van der Waals surface area contributed by atoms with Gasteiger partial charge in [-0.25, -0.2) is 10.2 Å². The van der Waals surface area contributed by atoms with E-state index in [2.05, 4.69) is 10.5 Å². The molecule has 0 radical (unpaired) electrons. The number of Topliss-reactive ketones (excluding diaryl/α,β-unsaturated/α-hetero) is 1. The second-order valence-electron chi connectivity index (χ2n) is 5.55. The third-order valence-electron chi connectivity index (χ3n) is 2.71. The zero-order valence-corrected chi connectivity index (χ0v) is 13.1. The number of nitrogens with one attached hydrogen (secondary N) is 1. The number of furan rings is 1. The third-order valence-corrected chi connectivity index (χ3v) is 2.71. The smallest absolute Gasteiger partial charge is 0.354 e. The Morgan fingerprint density at radius 1 is 1.32 bits per heavy atom. The zero-order chi connectivity index (χ0) is 16.8. The number of esters is 1. The molecule has 1 N–H and O–H groups in total. The molecule has 0 bridgehead atoms. The zero-order valence-electron chi connectivity index (χ0n) is 13.1. The Labute approximate surface area is 128 Å². The molecule has 1 heterocycles. The average Bonchev–Trinajstić information content (AvgIpc) is 2.96. The largest absolute Gasteiger partial charge is 0.461 e. The summed E-state index contributed by atoms with van der Waals surface area (Å²) in [5.74, 6) is -1.49. The molecule has 0 fully saturated rings. The molecule has 0 aliphatic rings. The minimum absolute atomic E-state index is 0.0501. The SMILES string of the molecule is CCOC(=O)C(CC(=O)C(C)(C)C)=NNC(=O)c1ccco1. The van der Waals surface area contributed by atoms with Gasteiger partial charge in [-0.2, -0.15) is 5.10 Å². The van der Waals surface area contributed by atoms with Gasteiger partial charge in [-0.15, -0.1) is 0 Å². The normalized spacial score (nSPS) is 11.9. The summed E-state index contributed by atoms with van der Waals surface area (Å²) >= 11 is 0. The number of hydrogen-bond acceptors (Lipinski definition) is 6. The van der Waals surface area contributed by atoms with Crippen molar-refractivity contribution >= 4 is 23.4 Å². The molecule has 7 nitrogen and oxygen atoms in total. The van der Waals surface area contributed by atoms with Crippen LogP contribution in [0.1, 0.15) is 44.7 Å².